The summed E-state index contributed by atoms with van der Waals surface area (Å²) in [6.07, 6.45) is 1.36. The van der Waals surface area contributed by atoms with E-state index in [0.29, 0.717) is 12.3 Å². The van der Waals surface area contributed by atoms with Crippen molar-refractivity contribution in [2.24, 2.45) is 5.92 Å². The molecule has 0 radical (unpaired) electrons. The van der Waals surface area contributed by atoms with E-state index < -0.39 is 0 Å². The Balaban J connectivity index is 2.82. The number of urea groups is 1. The Morgan fingerprint density at radius 1 is 1.23 bits per heavy atom. The van der Waals surface area contributed by atoms with E-state index in [2.05, 4.69) is 24.5 Å². The molecule has 0 spiro atoms. The predicted octanol–water partition coefficient (Wildman–Crippen LogP) is 2.85. The van der Waals surface area contributed by atoms with Crippen molar-refractivity contribution >= 4 is 6.03 Å². The Kier molecular flexibility index (Phi) is 7.74. The average Bonchev–Trinajstić information content (AvgIpc) is 2.46. The number of carbonyl (C=O) groups is 1. The molecule has 1 rings (SSSR count). The van der Waals surface area contributed by atoms with E-state index in [9.17, 15) is 4.79 Å². The van der Waals surface area contributed by atoms with Crippen LogP contribution in [-0.2, 0) is 0 Å². The van der Waals surface area contributed by atoms with Crippen molar-refractivity contribution in [3.8, 4) is 5.75 Å². The number of methoxy groups -OCH3 is 1. The lowest BCUT2D eigenvalue weighted by atomic mass is 9.96. The number of aliphatic hydroxyl groups is 1. The van der Waals surface area contributed by atoms with Crippen LogP contribution in [0.25, 0.3) is 0 Å². The van der Waals surface area contributed by atoms with E-state index in [4.69, 9.17) is 9.84 Å². The first-order chi connectivity index (χ1) is 10.5. The maximum atomic E-state index is 12.1. The molecule has 0 aromatic heterocycles. The van der Waals surface area contributed by atoms with Gasteiger partial charge < -0.3 is 20.5 Å². The Labute approximate surface area is 133 Å². The molecule has 1 unspecified atom stereocenters. The number of benzene rings is 1. The number of nitrogens with one attached hydrogen (secondary N) is 2. The van der Waals surface area contributed by atoms with Gasteiger partial charge in [0.05, 0.1) is 13.2 Å². The van der Waals surface area contributed by atoms with E-state index >= 15 is 0 Å². The molecule has 5 nitrogen and oxygen atoms in total. The molecule has 0 fully saturated rings. The fourth-order valence-corrected chi connectivity index (χ4v) is 2.38. The van der Waals surface area contributed by atoms with Crippen LogP contribution in [0.5, 0.6) is 5.75 Å². The van der Waals surface area contributed by atoms with Gasteiger partial charge in [-0.2, -0.15) is 0 Å². The van der Waals surface area contributed by atoms with Gasteiger partial charge >= 0.3 is 6.03 Å². The molecule has 3 N–H and O–H groups in total. The lowest BCUT2D eigenvalue weighted by molar-refractivity contribution is 0.225. The Bertz CT molecular complexity index is 463. The lowest BCUT2D eigenvalue weighted by Crippen LogP contribution is -2.43. The molecule has 124 valence electrons. The SMILES string of the molecule is COc1ccccc1C(CC(C)C)NC(=O)N[C@H](C)CCO. The van der Waals surface area contributed by atoms with Crippen LogP contribution in [0.2, 0.25) is 0 Å². The lowest BCUT2D eigenvalue weighted by Gasteiger charge is -2.24. The number of para-hydroxylation sites is 1. The Hall–Kier alpha value is -1.75. The number of rotatable bonds is 8. The van der Waals surface area contributed by atoms with Crippen molar-refractivity contribution in [1.29, 1.82) is 0 Å². The smallest absolute Gasteiger partial charge is 0.315 e. The van der Waals surface area contributed by atoms with Crippen LogP contribution in [0, 0.1) is 5.92 Å². The summed E-state index contributed by atoms with van der Waals surface area (Å²) in [5.74, 6) is 1.21. The summed E-state index contributed by atoms with van der Waals surface area (Å²) in [4.78, 5) is 12.1. The molecule has 1 aromatic rings. The van der Waals surface area contributed by atoms with Gasteiger partial charge in [-0.1, -0.05) is 32.0 Å². The molecule has 5 heteroatoms. The van der Waals surface area contributed by atoms with Crippen LogP contribution >= 0.6 is 0 Å². The minimum atomic E-state index is -0.225. The highest BCUT2D eigenvalue weighted by molar-refractivity contribution is 5.74. The van der Waals surface area contributed by atoms with Gasteiger partial charge in [-0.05, 0) is 31.7 Å². The van der Waals surface area contributed by atoms with Crippen molar-refractivity contribution in [1.82, 2.24) is 10.6 Å². The molecule has 0 bridgehead atoms. The molecule has 1 aromatic carbocycles. The topological polar surface area (TPSA) is 70.6 Å². The first-order valence-corrected chi connectivity index (χ1v) is 7.78. The molecular formula is C17H28N2O3. The van der Waals surface area contributed by atoms with Crippen LogP contribution < -0.4 is 15.4 Å². The summed E-state index contributed by atoms with van der Waals surface area (Å²) >= 11 is 0. The van der Waals surface area contributed by atoms with Crippen LogP contribution in [0.3, 0.4) is 0 Å². The fourth-order valence-electron chi connectivity index (χ4n) is 2.38. The molecule has 22 heavy (non-hydrogen) atoms. The highest BCUT2D eigenvalue weighted by Gasteiger charge is 2.20. The molecule has 0 saturated heterocycles. The Morgan fingerprint density at radius 2 is 1.91 bits per heavy atom. The summed E-state index contributed by atoms with van der Waals surface area (Å²) in [6.45, 7) is 6.17. The highest BCUT2D eigenvalue weighted by atomic mass is 16.5. The molecule has 0 aliphatic carbocycles. The van der Waals surface area contributed by atoms with Crippen molar-refractivity contribution in [2.75, 3.05) is 13.7 Å². The van der Waals surface area contributed by atoms with Gasteiger partial charge in [-0.3, -0.25) is 0 Å². The second-order valence-electron chi connectivity index (χ2n) is 5.96. The van der Waals surface area contributed by atoms with Gasteiger partial charge in [-0.15, -0.1) is 0 Å². The standard InChI is InChI=1S/C17H28N2O3/c1-12(2)11-15(14-7-5-6-8-16(14)22-4)19-17(21)18-13(3)9-10-20/h5-8,12-13,15,20H,9-11H2,1-4H3,(H2,18,19,21)/t13-,15?/m1/s1. The number of hydrogen-bond donors (Lipinski definition) is 3. The summed E-state index contributed by atoms with van der Waals surface area (Å²) in [7, 11) is 1.63. The number of amides is 2. The minimum absolute atomic E-state index is 0.0589. The molecule has 2 amide bonds. The third-order valence-electron chi connectivity index (χ3n) is 3.47. The second-order valence-corrected chi connectivity index (χ2v) is 5.96. The Morgan fingerprint density at radius 3 is 2.50 bits per heavy atom. The molecular weight excluding hydrogens is 280 g/mol. The number of hydrogen-bond acceptors (Lipinski definition) is 3. The highest BCUT2D eigenvalue weighted by Crippen LogP contribution is 2.29. The van der Waals surface area contributed by atoms with Gasteiger partial charge in [0.15, 0.2) is 0 Å². The van der Waals surface area contributed by atoms with E-state index in [1.165, 1.54) is 0 Å². The zero-order chi connectivity index (χ0) is 16.5. The molecule has 2 atom stereocenters. The average molecular weight is 308 g/mol. The third kappa shape index (κ3) is 5.93. The van der Waals surface area contributed by atoms with Crippen LogP contribution in [0.1, 0.15) is 45.2 Å². The van der Waals surface area contributed by atoms with Gasteiger partial charge in [-0.25, -0.2) is 4.79 Å². The molecule has 0 aliphatic heterocycles. The molecule has 0 heterocycles. The van der Waals surface area contributed by atoms with Gasteiger partial charge in [0, 0.05) is 18.2 Å². The van der Waals surface area contributed by atoms with E-state index in [1.54, 1.807) is 7.11 Å². The zero-order valence-electron chi connectivity index (χ0n) is 13.9. The third-order valence-corrected chi connectivity index (χ3v) is 3.47. The van der Waals surface area contributed by atoms with Crippen molar-refractivity contribution in [3.63, 3.8) is 0 Å². The number of aliphatic hydroxyl groups excluding tert-OH is 1. The number of carbonyl (C=O) groups excluding carboxylic acids is 1. The summed E-state index contributed by atoms with van der Waals surface area (Å²) < 4.78 is 5.40. The maximum Gasteiger partial charge on any atom is 0.315 e. The predicted molar refractivity (Wildman–Crippen MR) is 88.0 cm³/mol. The summed E-state index contributed by atoms with van der Waals surface area (Å²) in [5, 5.41) is 14.8. The minimum Gasteiger partial charge on any atom is -0.496 e. The largest absolute Gasteiger partial charge is 0.496 e. The van der Waals surface area contributed by atoms with Crippen LogP contribution in [-0.4, -0.2) is 30.9 Å². The zero-order valence-corrected chi connectivity index (χ0v) is 13.9. The van der Waals surface area contributed by atoms with Gasteiger partial charge in [0.25, 0.3) is 0 Å². The van der Waals surface area contributed by atoms with Crippen LogP contribution in [0.15, 0.2) is 24.3 Å². The molecule has 0 saturated carbocycles. The summed E-state index contributed by atoms with van der Waals surface area (Å²) in [6, 6.07) is 7.33. The second kappa shape index (κ2) is 9.30. The first kappa shape index (κ1) is 18.3. The maximum absolute atomic E-state index is 12.1. The monoisotopic (exact) mass is 308 g/mol. The quantitative estimate of drug-likeness (QED) is 0.691. The summed E-state index contributed by atoms with van der Waals surface area (Å²) in [5.41, 5.74) is 0.976. The number of ether oxygens (including phenoxy) is 1. The van der Waals surface area contributed by atoms with Gasteiger partial charge in [0.2, 0.25) is 0 Å². The van der Waals surface area contributed by atoms with Crippen LogP contribution in [0.4, 0.5) is 4.79 Å². The van der Waals surface area contributed by atoms with E-state index in [1.807, 2.05) is 31.2 Å². The van der Waals surface area contributed by atoms with Crippen molar-refractivity contribution < 1.29 is 14.6 Å². The normalized spacial score (nSPS) is 13.5. The molecule has 0 aliphatic rings. The van der Waals surface area contributed by atoms with Crippen molar-refractivity contribution in [2.45, 2.75) is 45.7 Å². The fraction of sp³-hybridized carbons (Fsp3) is 0.588. The van der Waals surface area contributed by atoms with E-state index in [-0.39, 0.29) is 24.7 Å². The van der Waals surface area contributed by atoms with Gasteiger partial charge in [0.1, 0.15) is 5.75 Å². The first-order valence-electron chi connectivity index (χ1n) is 7.78. The van der Waals surface area contributed by atoms with E-state index in [0.717, 1.165) is 17.7 Å². The van der Waals surface area contributed by atoms with Crippen molar-refractivity contribution in [3.05, 3.63) is 29.8 Å².